The van der Waals surface area contributed by atoms with Crippen molar-refractivity contribution in [1.29, 1.82) is 0 Å². The molecule has 1 aliphatic rings. The normalized spacial score (nSPS) is 14.9. The van der Waals surface area contributed by atoms with Crippen molar-refractivity contribution in [2.24, 2.45) is 11.8 Å². The third-order valence-corrected chi connectivity index (χ3v) is 6.71. The molecule has 0 aromatic heterocycles. The van der Waals surface area contributed by atoms with E-state index in [1.54, 1.807) is 13.8 Å². The summed E-state index contributed by atoms with van der Waals surface area (Å²) in [4.78, 5) is 38.8. The lowest BCUT2D eigenvalue weighted by Crippen LogP contribution is -2.53. The second-order valence-corrected chi connectivity index (χ2v) is 8.95. The average molecular weight is 467 g/mol. The summed E-state index contributed by atoms with van der Waals surface area (Å²) in [7, 11) is 0. The number of benzene rings is 2. The van der Waals surface area contributed by atoms with E-state index in [-0.39, 0.29) is 30.9 Å². The van der Waals surface area contributed by atoms with Crippen LogP contribution in [-0.2, 0) is 14.3 Å². The van der Waals surface area contributed by atoms with Gasteiger partial charge in [-0.2, -0.15) is 0 Å². The van der Waals surface area contributed by atoms with Gasteiger partial charge in [0.15, 0.2) is 0 Å². The first-order valence-electron chi connectivity index (χ1n) is 11.9. The molecule has 0 fully saturated rings. The highest BCUT2D eigenvalue weighted by Gasteiger charge is 2.33. The Morgan fingerprint density at radius 3 is 2.06 bits per heavy atom. The Kier molecular flexibility index (Phi) is 8.31. The zero-order chi connectivity index (χ0) is 24.8. The molecule has 0 saturated carbocycles. The third kappa shape index (κ3) is 5.41. The molecule has 0 heterocycles. The molecule has 7 heteroatoms. The number of carbonyl (C=O) groups excluding carboxylic acids is 2. The molecule has 2 amide bonds. The summed E-state index contributed by atoms with van der Waals surface area (Å²) < 4.78 is 5.63. The number of ether oxygens (including phenoxy) is 1. The maximum absolute atomic E-state index is 13.2. The molecular formula is C27H34N2O5. The number of alkyl carbamates (subject to hydrolysis) is 1. The first-order chi connectivity index (χ1) is 16.3. The van der Waals surface area contributed by atoms with Gasteiger partial charge >= 0.3 is 12.1 Å². The monoisotopic (exact) mass is 466 g/mol. The maximum Gasteiger partial charge on any atom is 0.407 e. The molecule has 7 nitrogen and oxygen atoms in total. The number of carbonyl (C=O) groups is 3. The van der Waals surface area contributed by atoms with Crippen LogP contribution in [0.2, 0.25) is 0 Å². The van der Waals surface area contributed by atoms with Crippen LogP contribution in [0.4, 0.5) is 4.79 Å². The second-order valence-electron chi connectivity index (χ2n) is 8.95. The minimum Gasteiger partial charge on any atom is -0.481 e. The van der Waals surface area contributed by atoms with Gasteiger partial charge in [0, 0.05) is 19.0 Å². The van der Waals surface area contributed by atoms with Crippen molar-refractivity contribution in [3.05, 3.63) is 59.7 Å². The zero-order valence-corrected chi connectivity index (χ0v) is 20.3. The van der Waals surface area contributed by atoms with Crippen LogP contribution in [0, 0.1) is 11.8 Å². The SMILES string of the molecule is CCC(C)C(NC(=O)OCC1c2ccccc2-c2ccccc21)C(=O)N(CC)CC(C)C(=O)O. The Morgan fingerprint density at radius 1 is 1.00 bits per heavy atom. The fourth-order valence-corrected chi connectivity index (χ4v) is 4.43. The van der Waals surface area contributed by atoms with Crippen LogP contribution < -0.4 is 5.32 Å². The predicted octanol–water partition coefficient (Wildman–Crippen LogP) is 4.51. The number of carboxylic acid groups (broad SMARTS) is 1. The molecule has 2 aromatic carbocycles. The molecular weight excluding hydrogens is 432 g/mol. The topological polar surface area (TPSA) is 95.9 Å². The van der Waals surface area contributed by atoms with Crippen LogP contribution in [0.1, 0.15) is 51.2 Å². The first kappa shape index (κ1) is 25.3. The lowest BCUT2D eigenvalue weighted by atomic mass is 9.97. The molecule has 2 aromatic rings. The van der Waals surface area contributed by atoms with Gasteiger partial charge < -0.3 is 20.1 Å². The maximum atomic E-state index is 13.2. The standard InChI is InChI=1S/C27H34N2O5/c1-5-17(3)24(25(30)29(6-2)15-18(4)26(31)32)28-27(33)34-16-23-21-13-9-7-11-19(21)20-12-8-10-14-22(20)23/h7-14,17-18,23-24H,5-6,15-16H2,1-4H3,(H,28,33)(H,31,32). The zero-order valence-electron chi connectivity index (χ0n) is 20.3. The molecule has 3 atom stereocenters. The van der Waals surface area contributed by atoms with E-state index >= 15 is 0 Å². The summed E-state index contributed by atoms with van der Waals surface area (Å²) in [5, 5.41) is 12.0. The molecule has 182 valence electrons. The summed E-state index contributed by atoms with van der Waals surface area (Å²) in [6.45, 7) is 7.80. The molecule has 1 aliphatic carbocycles. The van der Waals surface area contributed by atoms with Gasteiger partial charge in [-0.15, -0.1) is 0 Å². The quantitative estimate of drug-likeness (QED) is 0.537. The van der Waals surface area contributed by atoms with Crippen LogP contribution in [-0.4, -0.2) is 53.7 Å². The third-order valence-electron chi connectivity index (χ3n) is 6.71. The number of nitrogens with one attached hydrogen (secondary N) is 1. The lowest BCUT2D eigenvalue weighted by molar-refractivity contribution is -0.143. The Morgan fingerprint density at radius 2 is 1.56 bits per heavy atom. The van der Waals surface area contributed by atoms with E-state index in [2.05, 4.69) is 29.6 Å². The van der Waals surface area contributed by atoms with Gasteiger partial charge in [-0.1, -0.05) is 75.7 Å². The van der Waals surface area contributed by atoms with E-state index in [4.69, 9.17) is 4.74 Å². The fourth-order valence-electron chi connectivity index (χ4n) is 4.43. The Labute approximate surface area is 201 Å². The summed E-state index contributed by atoms with van der Waals surface area (Å²) in [6, 6.07) is 15.4. The Balaban J connectivity index is 1.70. The number of amides is 2. The van der Waals surface area contributed by atoms with Gasteiger partial charge in [-0.25, -0.2) is 4.79 Å². The number of aliphatic carboxylic acids is 1. The highest BCUT2D eigenvalue weighted by Crippen LogP contribution is 2.44. The summed E-state index contributed by atoms with van der Waals surface area (Å²) >= 11 is 0. The minimum absolute atomic E-state index is 0.0699. The largest absolute Gasteiger partial charge is 0.481 e. The second kappa shape index (κ2) is 11.2. The van der Waals surface area contributed by atoms with Gasteiger partial charge in [0.05, 0.1) is 5.92 Å². The number of hydrogen-bond donors (Lipinski definition) is 2. The lowest BCUT2D eigenvalue weighted by Gasteiger charge is -2.30. The molecule has 3 rings (SSSR count). The Hall–Kier alpha value is -3.35. The van der Waals surface area contributed by atoms with Crippen molar-refractivity contribution in [3.8, 4) is 11.1 Å². The average Bonchev–Trinajstić information content (AvgIpc) is 3.17. The molecule has 2 N–H and O–H groups in total. The van der Waals surface area contributed by atoms with Crippen LogP contribution in [0.15, 0.2) is 48.5 Å². The van der Waals surface area contributed by atoms with Crippen molar-refractivity contribution < 1.29 is 24.2 Å². The van der Waals surface area contributed by atoms with E-state index in [0.29, 0.717) is 13.0 Å². The van der Waals surface area contributed by atoms with Crippen molar-refractivity contribution in [2.75, 3.05) is 19.7 Å². The minimum atomic E-state index is -0.962. The van der Waals surface area contributed by atoms with Gasteiger partial charge in [0.2, 0.25) is 5.91 Å². The number of nitrogens with zero attached hydrogens (tertiary/aromatic N) is 1. The van der Waals surface area contributed by atoms with Crippen LogP contribution in [0.5, 0.6) is 0 Å². The molecule has 3 unspecified atom stereocenters. The fraction of sp³-hybridized carbons (Fsp3) is 0.444. The van der Waals surface area contributed by atoms with E-state index < -0.39 is 24.0 Å². The van der Waals surface area contributed by atoms with Gasteiger partial charge in [0.1, 0.15) is 12.6 Å². The van der Waals surface area contributed by atoms with E-state index in [9.17, 15) is 19.5 Å². The number of carboxylic acids is 1. The van der Waals surface area contributed by atoms with Gasteiger partial charge in [0.25, 0.3) is 0 Å². The summed E-state index contributed by atoms with van der Waals surface area (Å²) in [5.74, 6) is -2.16. The van der Waals surface area contributed by atoms with E-state index in [1.165, 1.54) is 4.90 Å². The van der Waals surface area contributed by atoms with Crippen molar-refractivity contribution in [3.63, 3.8) is 0 Å². The van der Waals surface area contributed by atoms with E-state index in [0.717, 1.165) is 22.3 Å². The highest BCUT2D eigenvalue weighted by atomic mass is 16.5. The first-order valence-corrected chi connectivity index (χ1v) is 11.9. The van der Waals surface area contributed by atoms with Crippen molar-refractivity contribution in [2.45, 2.75) is 46.1 Å². The highest BCUT2D eigenvalue weighted by molar-refractivity contribution is 5.86. The molecule has 0 radical (unpaired) electrons. The molecule has 0 aliphatic heterocycles. The Bertz CT molecular complexity index is 992. The van der Waals surface area contributed by atoms with Gasteiger partial charge in [-0.05, 0) is 35.1 Å². The molecule has 34 heavy (non-hydrogen) atoms. The van der Waals surface area contributed by atoms with Gasteiger partial charge in [-0.3, -0.25) is 9.59 Å². The number of likely N-dealkylation sites (N-methyl/N-ethyl adjacent to an activating group) is 1. The number of fused-ring (bicyclic) bond motifs is 3. The van der Waals surface area contributed by atoms with Crippen molar-refractivity contribution in [1.82, 2.24) is 10.2 Å². The molecule has 0 spiro atoms. The molecule has 0 bridgehead atoms. The molecule has 0 saturated heterocycles. The van der Waals surface area contributed by atoms with E-state index in [1.807, 2.05) is 38.1 Å². The summed E-state index contributed by atoms with van der Waals surface area (Å²) in [6.07, 6.45) is 0.0226. The van der Waals surface area contributed by atoms with Crippen molar-refractivity contribution >= 4 is 18.0 Å². The van der Waals surface area contributed by atoms with Crippen LogP contribution in [0.3, 0.4) is 0 Å². The van der Waals surface area contributed by atoms with Crippen LogP contribution >= 0.6 is 0 Å². The summed E-state index contributed by atoms with van der Waals surface area (Å²) in [5.41, 5.74) is 4.52. The van der Waals surface area contributed by atoms with Crippen LogP contribution in [0.25, 0.3) is 11.1 Å². The smallest absolute Gasteiger partial charge is 0.407 e. The number of rotatable bonds is 10. The number of hydrogen-bond acceptors (Lipinski definition) is 4. The predicted molar refractivity (Wildman–Crippen MR) is 131 cm³/mol.